The Morgan fingerprint density at radius 1 is 1.14 bits per heavy atom. The van der Waals surface area contributed by atoms with Gasteiger partial charge in [-0.05, 0) is 42.9 Å². The molecule has 0 aromatic heterocycles. The summed E-state index contributed by atoms with van der Waals surface area (Å²) in [5.74, 6) is -0.275. The number of hydrogen-bond acceptors (Lipinski definition) is 3. The molecule has 2 rings (SSSR count). The van der Waals surface area contributed by atoms with E-state index in [2.05, 4.69) is 10.6 Å². The van der Waals surface area contributed by atoms with Gasteiger partial charge >= 0.3 is 0 Å². The highest BCUT2D eigenvalue weighted by Gasteiger charge is 2.04. The van der Waals surface area contributed by atoms with E-state index in [0.717, 1.165) is 11.1 Å². The van der Waals surface area contributed by atoms with Crippen LogP contribution in [0.1, 0.15) is 11.1 Å². The van der Waals surface area contributed by atoms with Crippen molar-refractivity contribution in [2.24, 2.45) is 0 Å². The molecule has 0 unspecified atom stereocenters. The summed E-state index contributed by atoms with van der Waals surface area (Å²) >= 11 is 5.03. The first kappa shape index (κ1) is 15.7. The van der Waals surface area contributed by atoms with Crippen LogP contribution in [0, 0.1) is 6.92 Å². The maximum absolute atomic E-state index is 11.8. The number of rotatable bonds is 3. The second kappa shape index (κ2) is 7.38. The fourth-order valence-electron chi connectivity index (χ4n) is 1.74. The van der Waals surface area contributed by atoms with E-state index in [1.165, 1.54) is 12.1 Å². The average molecular weight is 312 g/mol. The number of aromatic hydroxyl groups is 1. The molecule has 0 aliphatic heterocycles. The zero-order valence-electron chi connectivity index (χ0n) is 12.0. The summed E-state index contributed by atoms with van der Waals surface area (Å²) in [6.07, 6.45) is 3.11. The van der Waals surface area contributed by atoms with Crippen LogP contribution >= 0.6 is 12.2 Å². The average Bonchev–Trinajstić information content (AvgIpc) is 2.49. The summed E-state index contributed by atoms with van der Waals surface area (Å²) in [4.78, 5) is 11.8. The smallest absolute Gasteiger partial charge is 0.250 e. The van der Waals surface area contributed by atoms with Crippen LogP contribution in [-0.2, 0) is 4.79 Å². The van der Waals surface area contributed by atoms with Crippen LogP contribution < -0.4 is 10.6 Å². The molecule has 0 bridgehead atoms. The van der Waals surface area contributed by atoms with Crippen molar-refractivity contribution < 1.29 is 9.90 Å². The first-order valence-corrected chi connectivity index (χ1v) is 7.10. The van der Waals surface area contributed by atoms with Gasteiger partial charge in [-0.1, -0.05) is 42.0 Å². The van der Waals surface area contributed by atoms with Crippen molar-refractivity contribution in [1.29, 1.82) is 0 Å². The largest absolute Gasteiger partial charge is 0.506 e. The molecule has 0 saturated carbocycles. The normalized spacial score (nSPS) is 10.4. The minimum Gasteiger partial charge on any atom is -0.506 e. The van der Waals surface area contributed by atoms with Crippen molar-refractivity contribution in [3.63, 3.8) is 0 Å². The topological polar surface area (TPSA) is 61.4 Å². The molecular weight excluding hydrogens is 296 g/mol. The Morgan fingerprint density at radius 2 is 1.82 bits per heavy atom. The van der Waals surface area contributed by atoms with E-state index >= 15 is 0 Å². The lowest BCUT2D eigenvalue weighted by molar-refractivity contribution is -0.115. The highest BCUT2D eigenvalue weighted by atomic mass is 32.1. The number of anilines is 1. The molecular formula is C17H16N2O2S. The Balaban J connectivity index is 1.90. The van der Waals surface area contributed by atoms with E-state index < -0.39 is 0 Å². The lowest BCUT2D eigenvalue weighted by Gasteiger charge is -2.09. The third-order valence-corrected chi connectivity index (χ3v) is 3.10. The van der Waals surface area contributed by atoms with Crippen LogP contribution in [0.4, 0.5) is 5.69 Å². The molecule has 2 aromatic carbocycles. The Bertz CT molecular complexity index is 709. The van der Waals surface area contributed by atoms with E-state index in [0.29, 0.717) is 5.69 Å². The van der Waals surface area contributed by atoms with Gasteiger partial charge in [0.1, 0.15) is 5.75 Å². The fraction of sp³-hybridized carbons (Fsp3) is 0.0588. The number of carbonyl (C=O) groups excluding carboxylic acids is 1. The van der Waals surface area contributed by atoms with Gasteiger partial charge in [0, 0.05) is 6.08 Å². The van der Waals surface area contributed by atoms with E-state index in [1.54, 1.807) is 24.3 Å². The second-order valence-corrected chi connectivity index (χ2v) is 5.11. The molecule has 3 N–H and O–H groups in total. The fourth-order valence-corrected chi connectivity index (χ4v) is 1.95. The van der Waals surface area contributed by atoms with E-state index in [4.69, 9.17) is 12.2 Å². The summed E-state index contributed by atoms with van der Waals surface area (Å²) in [5.41, 5.74) is 2.53. The number of para-hydroxylation sites is 2. The lowest BCUT2D eigenvalue weighted by Crippen LogP contribution is -2.32. The molecule has 1 amide bonds. The molecule has 0 saturated heterocycles. The first-order valence-electron chi connectivity index (χ1n) is 6.69. The molecule has 0 fully saturated rings. The summed E-state index contributed by atoms with van der Waals surface area (Å²) < 4.78 is 0. The van der Waals surface area contributed by atoms with E-state index in [9.17, 15) is 9.90 Å². The van der Waals surface area contributed by atoms with E-state index in [1.807, 2.05) is 31.2 Å². The van der Waals surface area contributed by atoms with Gasteiger partial charge in [-0.2, -0.15) is 0 Å². The van der Waals surface area contributed by atoms with Crippen molar-refractivity contribution in [2.75, 3.05) is 5.32 Å². The molecule has 0 aliphatic rings. The van der Waals surface area contributed by atoms with Crippen molar-refractivity contribution in [1.82, 2.24) is 5.32 Å². The number of thiocarbonyl (C=S) groups is 1. The van der Waals surface area contributed by atoms with Gasteiger partial charge in [-0.15, -0.1) is 0 Å². The van der Waals surface area contributed by atoms with Crippen LogP contribution in [0.2, 0.25) is 0 Å². The number of amides is 1. The molecule has 0 spiro atoms. The van der Waals surface area contributed by atoms with Crippen LogP contribution in [0.15, 0.2) is 54.6 Å². The third-order valence-electron chi connectivity index (χ3n) is 2.89. The molecule has 5 heteroatoms. The molecule has 4 nitrogen and oxygen atoms in total. The number of hydrogen-bond donors (Lipinski definition) is 3. The highest BCUT2D eigenvalue weighted by Crippen LogP contribution is 2.21. The quantitative estimate of drug-likeness (QED) is 0.463. The number of phenols is 1. The molecule has 0 aliphatic carbocycles. The Morgan fingerprint density at radius 3 is 2.50 bits per heavy atom. The predicted molar refractivity (Wildman–Crippen MR) is 92.7 cm³/mol. The second-order valence-electron chi connectivity index (χ2n) is 4.70. The van der Waals surface area contributed by atoms with Crippen LogP contribution in [0.25, 0.3) is 6.08 Å². The number of benzene rings is 2. The Hall–Kier alpha value is -2.66. The zero-order valence-corrected chi connectivity index (χ0v) is 12.9. The SMILES string of the molecule is Cc1ccc(C=CC(=O)NC(=S)Nc2ccccc2O)cc1. The van der Waals surface area contributed by atoms with Gasteiger partial charge < -0.3 is 10.4 Å². The minimum absolute atomic E-state index is 0.0642. The van der Waals surface area contributed by atoms with Crippen molar-refractivity contribution in [3.05, 3.63) is 65.7 Å². The zero-order chi connectivity index (χ0) is 15.9. The number of nitrogens with one attached hydrogen (secondary N) is 2. The van der Waals surface area contributed by atoms with Gasteiger partial charge in [0.2, 0.25) is 5.91 Å². The van der Waals surface area contributed by atoms with Crippen LogP contribution in [-0.4, -0.2) is 16.1 Å². The minimum atomic E-state index is -0.339. The van der Waals surface area contributed by atoms with Gasteiger partial charge in [0.15, 0.2) is 5.11 Å². The molecule has 0 atom stereocenters. The van der Waals surface area contributed by atoms with Crippen molar-refractivity contribution in [2.45, 2.75) is 6.92 Å². The predicted octanol–water partition coefficient (Wildman–Crippen LogP) is 3.23. The standard InChI is InChI=1S/C17H16N2O2S/c1-12-6-8-13(9-7-12)10-11-16(21)19-17(22)18-14-4-2-3-5-15(14)20/h2-11,20H,1H3,(H2,18,19,21,22). The summed E-state index contributed by atoms with van der Waals surface area (Å²) in [6, 6.07) is 14.5. The Kier molecular flexibility index (Phi) is 5.27. The third kappa shape index (κ3) is 4.71. The molecule has 0 heterocycles. The lowest BCUT2D eigenvalue weighted by atomic mass is 10.1. The van der Waals surface area contributed by atoms with Gasteiger partial charge in [0.05, 0.1) is 5.69 Å². The van der Waals surface area contributed by atoms with Gasteiger partial charge in [0.25, 0.3) is 0 Å². The summed E-state index contributed by atoms with van der Waals surface area (Å²) in [5, 5.41) is 15.0. The van der Waals surface area contributed by atoms with Crippen molar-refractivity contribution >= 4 is 35.0 Å². The van der Waals surface area contributed by atoms with Crippen LogP contribution in [0.5, 0.6) is 5.75 Å². The van der Waals surface area contributed by atoms with Crippen LogP contribution in [0.3, 0.4) is 0 Å². The monoisotopic (exact) mass is 312 g/mol. The molecule has 2 aromatic rings. The number of aryl methyl sites for hydroxylation is 1. The molecule has 112 valence electrons. The highest BCUT2D eigenvalue weighted by molar-refractivity contribution is 7.80. The van der Waals surface area contributed by atoms with E-state index in [-0.39, 0.29) is 16.8 Å². The van der Waals surface area contributed by atoms with Crippen molar-refractivity contribution in [3.8, 4) is 5.75 Å². The van der Waals surface area contributed by atoms with Gasteiger partial charge in [-0.3, -0.25) is 10.1 Å². The maximum atomic E-state index is 11.8. The number of phenolic OH excluding ortho intramolecular Hbond substituents is 1. The maximum Gasteiger partial charge on any atom is 0.250 e. The van der Waals surface area contributed by atoms with Gasteiger partial charge in [-0.25, -0.2) is 0 Å². The number of carbonyl (C=O) groups is 1. The molecule has 22 heavy (non-hydrogen) atoms. The molecule has 0 radical (unpaired) electrons. The Labute approximate surface area is 134 Å². The summed E-state index contributed by atoms with van der Waals surface area (Å²) in [7, 11) is 0. The first-order chi connectivity index (χ1) is 10.5. The summed E-state index contributed by atoms with van der Waals surface area (Å²) in [6.45, 7) is 2.00.